The molecule has 1 aromatic rings. The van der Waals surface area contributed by atoms with Gasteiger partial charge in [0.1, 0.15) is 0 Å². The first-order valence-corrected chi connectivity index (χ1v) is 9.05. The fraction of sp³-hybridized carbons (Fsp3) is 0.571. The molecule has 0 heterocycles. The number of benzene rings is 1. The minimum atomic E-state index is -3.45. The molecule has 0 aromatic heterocycles. The molecule has 0 saturated heterocycles. The molecule has 0 radical (unpaired) electrons. The van der Waals surface area contributed by atoms with Crippen LogP contribution in [0, 0.1) is 0 Å². The second-order valence-corrected chi connectivity index (χ2v) is 8.47. The SMILES string of the molecule is CC(C)NCc1ccc(S(=O)(=O)NC2(C)CC2)c(Br)c1. The highest BCUT2D eigenvalue weighted by Crippen LogP contribution is 2.36. The van der Waals surface area contributed by atoms with E-state index in [1.807, 2.05) is 19.1 Å². The third-order valence-corrected chi connectivity index (χ3v) is 6.00. The summed E-state index contributed by atoms with van der Waals surface area (Å²) < 4.78 is 28.0. The van der Waals surface area contributed by atoms with Crippen molar-refractivity contribution in [3.05, 3.63) is 28.2 Å². The summed E-state index contributed by atoms with van der Waals surface area (Å²) in [4.78, 5) is 0.305. The molecule has 2 N–H and O–H groups in total. The smallest absolute Gasteiger partial charge is 0.242 e. The minimum Gasteiger partial charge on any atom is -0.310 e. The van der Waals surface area contributed by atoms with E-state index in [2.05, 4.69) is 39.8 Å². The first-order valence-electron chi connectivity index (χ1n) is 6.78. The van der Waals surface area contributed by atoms with Gasteiger partial charge in [-0.2, -0.15) is 0 Å². The van der Waals surface area contributed by atoms with Gasteiger partial charge in [0.05, 0.1) is 4.90 Å². The van der Waals surface area contributed by atoms with Gasteiger partial charge in [0.25, 0.3) is 0 Å². The van der Waals surface area contributed by atoms with E-state index >= 15 is 0 Å². The lowest BCUT2D eigenvalue weighted by atomic mass is 10.2. The van der Waals surface area contributed by atoms with Crippen LogP contribution in [0.5, 0.6) is 0 Å². The van der Waals surface area contributed by atoms with Crippen LogP contribution in [-0.4, -0.2) is 20.0 Å². The molecule has 1 saturated carbocycles. The van der Waals surface area contributed by atoms with E-state index in [0.717, 1.165) is 24.9 Å². The zero-order valence-electron chi connectivity index (χ0n) is 12.0. The summed E-state index contributed by atoms with van der Waals surface area (Å²) in [6.07, 6.45) is 1.81. The van der Waals surface area contributed by atoms with Crippen molar-refractivity contribution in [3.8, 4) is 0 Å². The zero-order chi connectivity index (χ0) is 15.0. The molecule has 0 bridgehead atoms. The maximum absolute atomic E-state index is 12.3. The molecule has 1 aliphatic rings. The average molecular weight is 361 g/mol. The maximum atomic E-state index is 12.3. The summed E-state index contributed by atoms with van der Waals surface area (Å²) in [6, 6.07) is 5.77. The third-order valence-electron chi connectivity index (χ3n) is 3.38. The van der Waals surface area contributed by atoms with Gasteiger partial charge < -0.3 is 5.32 Å². The van der Waals surface area contributed by atoms with Crippen molar-refractivity contribution in [2.45, 2.75) is 56.6 Å². The first-order chi connectivity index (χ1) is 9.22. The van der Waals surface area contributed by atoms with Crippen molar-refractivity contribution in [1.29, 1.82) is 0 Å². The van der Waals surface area contributed by atoms with Crippen molar-refractivity contribution in [2.75, 3.05) is 0 Å². The van der Waals surface area contributed by atoms with Crippen LogP contribution in [0.4, 0.5) is 0 Å². The summed E-state index contributed by atoms with van der Waals surface area (Å²) in [6.45, 7) is 6.81. The lowest BCUT2D eigenvalue weighted by molar-refractivity contribution is 0.557. The minimum absolute atomic E-state index is 0.254. The van der Waals surface area contributed by atoms with Crippen molar-refractivity contribution >= 4 is 26.0 Å². The number of hydrogen-bond donors (Lipinski definition) is 2. The van der Waals surface area contributed by atoms with Gasteiger partial charge in [0, 0.05) is 22.6 Å². The molecular formula is C14H21BrN2O2S. The van der Waals surface area contributed by atoms with E-state index < -0.39 is 10.0 Å². The summed E-state index contributed by atoms with van der Waals surface area (Å²) in [5.41, 5.74) is 0.804. The highest BCUT2D eigenvalue weighted by Gasteiger charge is 2.41. The predicted octanol–water partition coefficient (Wildman–Crippen LogP) is 2.78. The monoisotopic (exact) mass is 360 g/mol. The Labute approximate surface area is 129 Å². The second kappa shape index (κ2) is 5.75. The van der Waals surface area contributed by atoms with Crippen LogP contribution in [0.2, 0.25) is 0 Å². The summed E-state index contributed by atoms with van der Waals surface area (Å²) in [7, 11) is -3.45. The quantitative estimate of drug-likeness (QED) is 0.819. The van der Waals surface area contributed by atoms with Crippen LogP contribution in [0.25, 0.3) is 0 Å². The van der Waals surface area contributed by atoms with Gasteiger partial charge in [0.15, 0.2) is 0 Å². The van der Waals surface area contributed by atoms with E-state index in [1.54, 1.807) is 6.07 Å². The summed E-state index contributed by atoms with van der Waals surface area (Å²) >= 11 is 3.37. The van der Waals surface area contributed by atoms with Gasteiger partial charge >= 0.3 is 0 Å². The Morgan fingerprint density at radius 2 is 2.00 bits per heavy atom. The highest BCUT2D eigenvalue weighted by molar-refractivity contribution is 9.10. The maximum Gasteiger partial charge on any atom is 0.242 e. The molecule has 4 nitrogen and oxygen atoms in total. The number of halogens is 1. The molecule has 1 fully saturated rings. The molecule has 1 aliphatic carbocycles. The van der Waals surface area contributed by atoms with Gasteiger partial charge in [-0.05, 0) is 53.4 Å². The normalized spacial score (nSPS) is 17.4. The molecular weight excluding hydrogens is 340 g/mol. The standard InChI is InChI=1S/C14H21BrN2O2S/c1-10(2)16-9-11-4-5-13(12(15)8-11)20(18,19)17-14(3)6-7-14/h4-5,8,10,16-17H,6-7,9H2,1-3H3. The van der Waals surface area contributed by atoms with Crippen molar-refractivity contribution < 1.29 is 8.42 Å². The largest absolute Gasteiger partial charge is 0.310 e. The fourth-order valence-corrected chi connectivity index (χ4v) is 4.45. The van der Waals surface area contributed by atoms with E-state index in [4.69, 9.17) is 0 Å². The highest BCUT2D eigenvalue weighted by atomic mass is 79.9. The average Bonchev–Trinajstić information content (AvgIpc) is 3.02. The fourth-order valence-electron chi connectivity index (χ4n) is 1.86. The molecule has 6 heteroatoms. The third kappa shape index (κ3) is 4.04. The number of hydrogen-bond acceptors (Lipinski definition) is 3. The van der Waals surface area contributed by atoms with Gasteiger partial charge in [-0.1, -0.05) is 19.9 Å². The Balaban J connectivity index is 2.16. The number of rotatable bonds is 6. The number of nitrogens with one attached hydrogen (secondary N) is 2. The van der Waals surface area contributed by atoms with Gasteiger partial charge in [0.2, 0.25) is 10.0 Å². The first kappa shape index (κ1) is 15.9. The topological polar surface area (TPSA) is 58.2 Å². The molecule has 0 aliphatic heterocycles. The van der Waals surface area contributed by atoms with Crippen molar-refractivity contribution in [1.82, 2.24) is 10.0 Å². The van der Waals surface area contributed by atoms with Crippen LogP contribution < -0.4 is 10.0 Å². The Hall–Kier alpha value is -0.430. The van der Waals surface area contributed by atoms with Crippen LogP contribution in [-0.2, 0) is 16.6 Å². The van der Waals surface area contributed by atoms with E-state index in [0.29, 0.717) is 15.4 Å². The van der Waals surface area contributed by atoms with Crippen LogP contribution in [0.15, 0.2) is 27.6 Å². The molecule has 1 aromatic carbocycles. The molecule has 0 atom stereocenters. The lowest BCUT2D eigenvalue weighted by Gasteiger charge is -2.14. The molecule has 112 valence electrons. The number of sulfonamides is 1. The molecule has 0 amide bonds. The van der Waals surface area contributed by atoms with Gasteiger partial charge in [-0.25, -0.2) is 13.1 Å². The van der Waals surface area contributed by atoms with E-state index in [-0.39, 0.29) is 5.54 Å². The van der Waals surface area contributed by atoms with E-state index in [1.165, 1.54) is 0 Å². The van der Waals surface area contributed by atoms with Crippen molar-refractivity contribution in [3.63, 3.8) is 0 Å². The van der Waals surface area contributed by atoms with Gasteiger partial charge in [-0.3, -0.25) is 0 Å². The lowest BCUT2D eigenvalue weighted by Crippen LogP contribution is -2.34. The van der Waals surface area contributed by atoms with E-state index in [9.17, 15) is 8.42 Å². The van der Waals surface area contributed by atoms with Crippen molar-refractivity contribution in [2.24, 2.45) is 0 Å². The summed E-state index contributed by atoms with van der Waals surface area (Å²) in [5.74, 6) is 0. The zero-order valence-corrected chi connectivity index (χ0v) is 14.4. The van der Waals surface area contributed by atoms with Crippen LogP contribution >= 0.6 is 15.9 Å². The Morgan fingerprint density at radius 3 is 2.50 bits per heavy atom. The van der Waals surface area contributed by atoms with Crippen LogP contribution in [0.3, 0.4) is 0 Å². The molecule has 2 rings (SSSR count). The molecule has 0 unspecified atom stereocenters. The Morgan fingerprint density at radius 1 is 1.35 bits per heavy atom. The Bertz CT molecular complexity index is 595. The Kier molecular flexibility index (Phi) is 4.59. The van der Waals surface area contributed by atoms with Gasteiger partial charge in [-0.15, -0.1) is 0 Å². The molecule has 0 spiro atoms. The predicted molar refractivity (Wildman–Crippen MR) is 84.1 cm³/mol. The summed E-state index contributed by atoms with van der Waals surface area (Å²) in [5, 5.41) is 3.31. The second-order valence-electron chi connectivity index (χ2n) is 5.97. The van der Waals surface area contributed by atoms with Crippen LogP contribution in [0.1, 0.15) is 39.2 Å². The molecule has 20 heavy (non-hydrogen) atoms.